The molecule has 0 aromatic carbocycles. The van der Waals surface area contributed by atoms with Gasteiger partial charge in [-0.15, -0.1) is 0 Å². The van der Waals surface area contributed by atoms with Crippen molar-refractivity contribution >= 4 is 17.7 Å². The summed E-state index contributed by atoms with van der Waals surface area (Å²) in [6.07, 6.45) is 2.00. The van der Waals surface area contributed by atoms with Gasteiger partial charge in [0.05, 0.1) is 5.75 Å². The van der Waals surface area contributed by atoms with E-state index in [0.717, 1.165) is 25.5 Å². The first kappa shape index (κ1) is 13.7. The van der Waals surface area contributed by atoms with Gasteiger partial charge in [0.1, 0.15) is 0 Å². The molecule has 5 heteroatoms. The molecule has 0 spiro atoms. The molecule has 0 atom stereocenters. The summed E-state index contributed by atoms with van der Waals surface area (Å²) in [4.78, 5) is 10.1. The molecule has 0 aromatic rings. The molecular weight excluding hydrogens is 210 g/mol. The molecule has 0 bridgehead atoms. The maximum absolute atomic E-state index is 12.3. The predicted octanol–water partition coefficient (Wildman–Crippen LogP) is 3.02. The molecule has 0 unspecified atom stereocenters. The third-order valence-electron chi connectivity index (χ3n) is 1.63. The Morgan fingerprint density at radius 1 is 1.36 bits per heavy atom. The summed E-state index contributed by atoms with van der Waals surface area (Å²) in [7, 11) is 0. The molecule has 0 aliphatic rings. The van der Waals surface area contributed by atoms with E-state index in [1.54, 1.807) is 0 Å². The van der Waals surface area contributed by atoms with Gasteiger partial charge in [0, 0.05) is 6.42 Å². The number of rotatable bonds is 8. The van der Waals surface area contributed by atoms with Crippen LogP contribution in [-0.2, 0) is 4.79 Å². The molecule has 0 amide bonds. The molecule has 0 saturated carbocycles. The molecule has 0 aliphatic heterocycles. The smallest absolute Gasteiger partial charge is 0.313 e. The summed E-state index contributed by atoms with van der Waals surface area (Å²) in [5.41, 5.74) is 0. The van der Waals surface area contributed by atoms with Crippen molar-refractivity contribution in [1.82, 2.24) is 0 Å². The van der Waals surface area contributed by atoms with Gasteiger partial charge >= 0.3 is 5.97 Å². The van der Waals surface area contributed by atoms with Crippen molar-refractivity contribution in [3.05, 3.63) is 0 Å². The number of carboxylic acids is 1. The van der Waals surface area contributed by atoms with Crippen LogP contribution in [0.1, 0.15) is 32.6 Å². The first-order chi connectivity index (χ1) is 6.42. The van der Waals surface area contributed by atoms with Crippen LogP contribution in [0.3, 0.4) is 0 Å². The molecule has 0 heterocycles. The lowest BCUT2D eigenvalue weighted by Crippen LogP contribution is -2.08. The van der Waals surface area contributed by atoms with Gasteiger partial charge in [0.2, 0.25) is 5.92 Å². The van der Waals surface area contributed by atoms with Crippen LogP contribution in [0.25, 0.3) is 0 Å². The van der Waals surface area contributed by atoms with Crippen LogP contribution in [0.15, 0.2) is 0 Å². The highest BCUT2D eigenvalue weighted by Crippen LogP contribution is 2.20. The van der Waals surface area contributed by atoms with E-state index in [-0.39, 0.29) is 12.2 Å². The van der Waals surface area contributed by atoms with E-state index in [4.69, 9.17) is 5.11 Å². The normalized spacial score (nSPS) is 11.6. The Kier molecular flexibility index (Phi) is 6.87. The van der Waals surface area contributed by atoms with E-state index >= 15 is 0 Å². The lowest BCUT2D eigenvalue weighted by Gasteiger charge is -2.08. The number of carbonyl (C=O) groups is 1. The first-order valence-electron chi connectivity index (χ1n) is 4.59. The summed E-state index contributed by atoms with van der Waals surface area (Å²) in [5.74, 6) is -2.55. The zero-order valence-electron chi connectivity index (χ0n) is 8.26. The molecular formula is C9H16F2O2S. The van der Waals surface area contributed by atoms with Gasteiger partial charge in [-0.2, -0.15) is 11.8 Å². The second kappa shape index (κ2) is 7.04. The van der Waals surface area contributed by atoms with E-state index in [1.807, 2.05) is 0 Å². The number of hydrogen-bond donors (Lipinski definition) is 1. The molecule has 1 N–H and O–H groups in total. The van der Waals surface area contributed by atoms with Gasteiger partial charge < -0.3 is 5.11 Å². The Balaban J connectivity index is 3.11. The molecule has 0 aliphatic carbocycles. The van der Waals surface area contributed by atoms with Crippen molar-refractivity contribution in [3.63, 3.8) is 0 Å². The maximum atomic E-state index is 12.3. The Morgan fingerprint density at radius 2 is 2.00 bits per heavy atom. The molecule has 0 saturated heterocycles. The Labute approximate surface area is 87.1 Å². The predicted molar refractivity (Wildman–Crippen MR) is 54.0 cm³/mol. The van der Waals surface area contributed by atoms with Crippen LogP contribution in [0.5, 0.6) is 0 Å². The summed E-state index contributed by atoms with van der Waals surface area (Å²) in [5, 5.41) is 8.30. The highest BCUT2D eigenvalue weighted by atomic mass is 32.2. The number of aliphatic carboxylic acids is 1. The Morgan fingerprint density at radius 3 is 2.50 bits per heavy atom. The lowest BCUT2D eigenvalue weighted by atomic mass is 10.1. The molecule has 0 rings (SSSR count). The lowest BCUT2D eigenvalue weighted by molar-refractivity contribution is -0.133. The van der Waals surface area contributed by atoms with Crippen LogP contribution in [-0.4, -0.2) is 28.5 Å². The highest BCUT2D eigenvalue weighted by molar-refractivity contribution is 7.99. The quantitative estimate of drug-likeness (QED) is 0.646. The molecule has 2 nitrogen and oxygen atoms in total. The fourth-order valence-corrected chi connectivity index (χ4v) is 1.70. The van der Waals surface area contributed by atoms with Gasteiger partial charge in [0.15, 0.2) is 0 Å². The number of halogens is 2. The van der Waals surface area contributed by atoms with Crippen molar-refractivity contribution in [2.75, 3.05) is 11.5 Å². The van der Waals surface area contributed by atoms with Crippen LogP contribution in [0, 0.1) is 0 Å². The standard InChI is InChI=1S/C9H16F2O2S/c1-9(10,11)5-3-2-4-6-14-7-8(12)13/h2-7H2,1H3,(H,12,13). The van der Waals surface area contributed by atoms with Gasteiger partial charge in [-0.05, 0) is 25.5 Å². The van der Waals surface area contributed by atoms with Crippen molar-refractivity contribution in [1.29, 1.82) is 0 Å². The van der Waals surface area contributed by atoms with E-state index in [2.05, 4.69) is 0 Å². The molecule has 0 aromatic heterocycles. The minimum absolute atomic E-state index is 0.0728. The number of unbranched alkanes of at least 4 members (excludes halogenated alkanes) is 2. The van der Waals surface area contributed by atoms with E-state index in [1.165, 1.54) is 11.8 Å². The largest absolute Gasteiger partial charge is 0.481 e. The van der Waals surface area contributed by atoms with E-state index < -0.39 is 11.9 Å². The van der Waals surface area contributed by atoms with Gasteiger partial charge in [0.25, 0.3) is 0 Å². The maximum Gasteiger partial charge on any atom is 0.313 e. The Bertz CT molecular complexity index is 169. The number of thioether (sulfide) groups is 1. The highest BCUT2D eigenvalue weighted by Gasteiger charge is 2.19. The molecule has 84 valence electrons. The minimum atomic E-state index is -2.56. The molecule has 0 radical (unpaired) electrons. The average molecular weight is 226 g/mol. The monoisotopic (exact) mass is 226 g/mol. The second-order valence-corrected chi connectivity index (χ2v) is 4.43. The zero-order chi connectivity index (χ0) is 11.0. The fraction of sp³-hybridized carbons (Fsp3) is 0.889. The second-order valence-electron chi connectivity index (χ2n) is 3.33. The first-order valence-corrected chi connectivity index (χ1v) is 5.74. The van der Waals surface area contributed by atoms with E-state index in [0.29, 0.717) is 6.42 Å². The van der Waals surface area contributed by atoms with Crippen molar-refractivity contribution in [2.24, 2.45) is 0 Å². The number of carboxylic acid groups (broad SMARTS) is 1. The van der Waals surface area contributed by atoms with Gasteiger partial charge in [-0.1, -0.05) is 6.42 Å². The van der Waals surface area contributed by atoms with Crippen molar-refractivity contribution in [3.8, 4) is 0 Å². The number of hydrogen-bond acceptors (Lipinski definition) is 2. The van der Waals surface area contributed by atoms with Crippen LogP contribution in [0.2, 0.25) is 0 Å². The Hall–Kier alpha value is -0.320. The molecule has 14 heavy (non-hydrogen) atoms. The summed E-state index contributed by atoms with van der Waals surface area (Å²) in [6.45, 7) is 0.923. The topological polar surface area (TPSA) is 37.3 Å². The number of alkyl halides is 2. The SMILES string of the molecule is CC(F)(F)CCCCCSCC(=O)O. The minimum Gasteiger partial charge on any atom is -0.481 e. The third kappa shape index (κ3) is 11.7. The van der Waals surface area contributed by atoms with Crippen LogP contribution < -0.4 is 0 Å². The third-order valence-corrected chi connectivity index (χ3v) is 2.66. The van der Waals surface area contributed by atoms with Crippen molar-refractivity contribution in [2.45, 2.75) is 38.5 Å². The fourth-order valence-electron chi connectivity index (χ4n) is 0.976. The van der Waals surface area contributed by atoms with Crippen LogP contribution >= 0.6 is 11.8 Å². The summed E-state index contributed by atoms with van der Waals surface area (Å²) >= 11 is 1.33. The zero-order valence-corrected chi connectivity index (χ0v) is 9.08. The van der Waals surface area contributed by atoms with Crippen LogP contribution in [0.4, 0.5) is 8.78 Å². The van der Waals surface area contributed by atoms with Gasteiger partial charge in [-0.3, -0.25) is 4.79 Å². The average Bonchev–Trinajstić information content (AvgIpc) is 2.00. The molecule has 0 fully saturated rings. The summed E-state index contributed by atoms with van der Waals surface area (Å²) < 4.78 is 24.6. The summed E-state index contributed by atoms with van der Waals surface area (Å²) in [6, 6.07) is 0. The van der Waals surface area contributed by atoms with Gasteiger partial charge in [-0.25, -0.2) is 8.78 Å². The van der Waals surface area contributed by atoms with Crippen molar-refractivity contribution < 1.29 is 18.7 Å². The van der Waals surface area contributed by atoms with E-state index in [9.17, 15) is 13.6 Å².